The van der Waals surface area contributed by atoms with E-state index in [9.17, 15) is 4.39 Å². The zero-order chi connectivity index (χ0) is 12.2. The predicted molar refractivity (Wildman–Crippen MR) is 59.0 cm³/mol. The van der Waals surface area contributed by atoms with E-state index in [1.54, 1.807) is 6.07 Å². The van der Waals surface area contributed by atoms with Gasteiger partial charge in [-0.05, 0) is 37.6 Å². The molecule has 0 radical (unpaired) electrons. The first-order valence-corrected chi connectivity index (χ1v) is 4.97. The van der Waals surface area contributed by atoms with Crippen molar-refractivity contribution in [2.24, 2.45) is 5.73 Å². The third-order valence-corrected chi connectivity index (χ3v) is 1.83. The third-order valence-electron chi connectivity index (χ3n) is 1.83. The largest absolute Gasteiger partial charge is 0.375 e. The van der Waals surface area contributed by atoms with Crippen molar-refractivity contribution >= 4 is 0 Å². The van der Waals surface area contributed by atoms with Crippen molar-refractivity contribution in [3.05, 3.63) is 35.1 Å². The van der Waals surface area contributed by atoms with E-state index in [1.165, 1.54) is 12.1 Å². The minimum Gasteiger partial charge on any atom is -0.375 e. The molecule has 1 aromatic rings. The number of hydrogen-bond donors (Lipinski definition) is 1. The standard InChI is InChI=1S/C12H15FN2O/c1-12(2,15)8-16-7-10-3-9(6-14)4-11(13)5-10/h3-5H,7-8,15H2,1-2H3. The SMILES string of the molecule is CC(C)(N)COCc1cc(F)cc(C#N)c1. The summed E-state index contributed by atoms with van der Waals surface area (Å²) in [6.07, 6.45) is 0. The van der Waals surface area contributed by atoms with Gasteiger partial charge < -0.3 is 10.5 Å². The number of nitrogens with two attached hydrogens (primary N) is 1. The molecule has 0 bridgehead atoms. The topological polar surface area (TPSA) is 59.0 Å². The first kappa shape index (κ1) is 12.6. The van der Waals surface area contributed by atoms with Gasteiger partial charge in [0, 0.05) is 5.54 Å². The van der Waals surface area contributed by atoms with E-state index in [0.29, 0.717) is 17.7 Å². The number of benzene rings is 1. The van der Waals surface area contributed by atoms with E-state index in [4.69, 9.17) is 15.7 Å². The number of nitrogens with zero attached hydrogens (tertiary/aromatic N) is 1. The lowest BCUT2D eigenvalue weighted by molar-refractivity contribution is 0.0849. The zero-order valence-corrected chi connectivity index (χ0v) is 9.46. The summed E-state index contributed by atoms with van der Waals surface area (Å²) in [5, 5.41) is 8.66. The van der Waals surface area contributed by atoms with Gasteiger partial charge in [0.25, 0.3) is 0 Å². The molecule has 0 fully saturated rings. The lowest BCUT2D eigenvalue weighted by Crippen LogP contribution is -2.37. The van der Waals surface area contributed by atoms with E-state index >= 15 is 0 Å². The van der Waals surface area contributed by atoms with Gasteiger partial charge in [-0.2, -0.15) is 5.26 Å². The van der Waals surface area contributed by atoms with Gasteiger partial charge in [0.2, 0.25) is 0 Å². The number of rotatable bonds is 4. The molecule has 0 heterocycles. The second-order valence-electron chi connectivity index (χ2n) is 4.44. The lowest BCUT2D eigenvalue weighted by Gasteiger charge is -2.18. The molecule has 0 spiro atoms. The van der Waals surface area contributed by atoms with Crippen LogP contribution in [-0.4, -0.2) is 12.1 Å². The van der Waals surface area contributed by atoms with Gasteiger partial charge in [-0.15, -0.1) is 0 Å². The van der Waals surface area contributed by atoms with Gasteiger partial charge in [-0.3, -0.25) is 0 Å². The van der Waals surface area contributed by atoms with Crippen LogP contribution in [0.2, 0.25) is 0 Å². The Morgan fingerprint density at radius 3 is 2.69 bits per heavy atom. The predicted octanol–water partition coefficient (Wildman–Crippen LogP) is 1.95. The quantitative estimate of drug-likeness (QED) is 0.847. The molecule has 0 saturated carbocycles. The fourth-order valence-corrected chi connectivity index (χ4v) is 1.23. The Kier molecular flexibility index (Phi) is 3.99. The van der Waals surface area contributed by atoms with Crippen LogP contribution in [-0.2, 0) is 11.3 Å². The average molecular weight is 222 g/mol. The molecule has 0 unspecified atom stereocenters. The Bertz CT molecular complexity index is 404. The van der Waals surface area contributed by atoms with Gasteiger partial charge in [-0.25, -0.2) is 4.39 Å². The third kappa shape index (κ3) is 4.39. The molecule has 0 aliphatic heterocycles. The van der Waals surface area contributed by atoms with Crippen LogP contribution in [0, 0.1) is 17.1 Å². The molecule has 86 valence electrons. The van der Waals surface area contributed by atoms with E-state index < -0.39 is 11.4 Å². The molecule has 0 amide bonds. The van der Waals surface area contributed by atoms with Crippen molar-refractivity contribution in [3.8, 4) is 6.07 Å². The van der Waals surface area contributed by atoms with Crippen LogP contribution in [0.1, 0.15) is 25.0 Å². The van der Waals surface area contributed by atoms with E-state index in [1.807, 2.05) is 19.9 Å². The fraction of sp³-hybridized carbons (Fsp3) is 0.417. The first-order valence-electron chi connectivity index (χ1n) is 4.97. The summed E-state index contributed by atoms with van der Waals surface area (Å²) in [5.41, 5.74) is 6.26. The van der Waals surface area contributed by atoms with Gasteiger partial charge in [0.15, 0.2) is 0 Å². The summed E-state index contributed by atoms with van der Waals surface area (Å²) in [6, 6.07) is 6.04. The van der Waals surface area contributed by atoms with Crippen LogP contribution in [0.15, 0.2) is 18.2 Å². The van der Waals surface area contributed by atoms with Crippen LogP contribution in [0.3, 0.4) is 0 Å². The summed E-state index contributed by atoms with van der Waals surface area (Å²) in [4.78, 5) is 0. The smallest absolute Gasteiger partial charge is 0.124 e. The maximum Gasteiger partial charge on any atom is 0.124 e. The van der Waals surface area contributed by atoms with Crippen LogP contribution in [0.5, 0.6) is 0 Å². The zero-order valence-electron chi connectivity index (χ0n) is 9.46. The maximum atomic E-state index is 13.0. The number of nitriles is 1. The summed E-state index contributed by atoms with van der Waals surface area (Å²) < 4.78 is 18.4. The number of halogens is 1. The summed E-state index contributed by atoms with van der Waals surface area (Å²) in [5.74, 6) is -0.426. The second kappa shape index (κ2) is 5.06. The van der Waals surface area contributed by atoms with E-state index in [2.05, 4.69) is 0 Å². The summed E-state index contributed by atoms with van der Waals surface area (Å²) in [7, 11) is 0. The molecular weight excluding hydrogens is 207 g/mol. The van der Waals surface area contributed by atoms with Crippen LogP contribution in [0.4, 0.5) is 4.39 Å². The molecule has 0 aliphatic rings. The molecule has 0 atom stereocenters. The highest BCUT2D eigenvalue weighted by Gasteiger charge is 2.10. The molecule has 0 aliphatic carbocycles. The average Bonchev–Trinajstić information content (AvgIpc) is 2.14. The summed E-state index contributed by atoms with van der Waals surface area (Å²) in [6.45, 7) is 4.33. The molecule has 1 aromatic carbocycles. The van der Waals surface area contributed by atoms with Gasteiger partial charge in [-0.1, -0.05) is 0 Å². The molecule has 16 heavy (non-hydrogen) atoms. The van der Waals surface area contributed by atoms with Gasteiger partial charge in [0.1, 0.15) is 5.82 Å². The molecule has 1 rings (SSSR count). The highest BCUT2D eigenvalue weighted by Crippen LogP contribution is 2.10. The van der Waals surface area contributed by atoms with Crippen LogP contribution >= 0.6 is 0 Å². The summed E-state index contributed by atoms with van der Waals surface area (Å²) >= 11 is 0. The van der Waals surface area contributed by atoms with Crippen molar-refractivity contribution in [3.63, 3.8) is 0 Å². The van der Waals surface area contributed by atoms with Crippen LogP contribution in [0.25, 0.3) is 0 Å². The minimum absolute atomic E-state index is 0.257. The van der Waals surface area contributed by atoms with Gasteiger partial charge >= 0.3 is 0 Å². The maximum absolute atomic E-state index is 13.0. The van der Waals surface area contributed by atoms with E-state index in [0.717, 1.165) is 0 Å². The van der Waals surface area contributed by atoms with Crippen LogP contribution < -0.4 is 5.73 Å². The molecule has 0 aromatic heterocycles. The Labute approximate surface area is 94.6 Å². The Balaban J connectivity index is 2.61. The minimum atomic E-state index is -0.426. The van der Waals surface area contributed by atoms with Crippen molar-refractivity contribution in [1.82, 2.24) is 0 Å². The second-order valence-corrected chi connectivity index (χ2v) is 4.44. The first-order chi connectivity index (χ1) is 7.40. The Hall–Kier alpha value is -1.44. The van der Waals surface area contributed by atoms with Crippen molar-refractivity contribution < 1.29 is 9.13 Å². The normalized spacial score (nSPS) is 11.2. The molecule has 2 N–H and O–H groups in total. The highest BCUT2D eigenvalue weighted by atomic mass is 19.1. The molecule has 3 nitrogen and oxygen atoms in total. The molecular formula is C12H15FN2O. The van der Waals surface area contributed by atoms with Crippen molar-refractivity contribution in [1.29, 1.82) is 5.26 Å². The monoisotopic (exact) mass is 222 g/mol. The fourth-order valence-electron chi connectivity index (χ4n) is 1.23. The lowest BCUT2D eigenvalue weighted by atomic mass is 10.1. The van der Waals surface area contributed by atoms with Gasteiger partial charge in [0.05, 0.1) is 24.8 Å². The van der Waals surface area contributed by atoms with E-state index in [-0.39, 0.29) is 6.61 Å². The molecule has 4 heteroatoms. The Morgan fingerprint density at radius 2 is 2.12 bits per heavy atom. The Morgan fingerprint density at radius 1 is 1.44 bits per heavy atom. The highest BCUT2D eigenvalue weighted by molar-refractivity contribution is 5.33. The number of ether oxygens (including phenoxy) is 1. The molecule has 0 saturated heterocycles. The van der Waals surface area contributed by atoms with Crippen molar-refractivity contribution in [2.75, 3.05) is 6.61 Å². The number of hydrogen-bond acceptors (Lipinski definition) is 3. The van der Waals surface area contributed by atoms with Crippen molar-refractivity contribution in [2.45, 2.75) is 26.0 Å².